The molecule has 1 aliphatic heterocycles. The van der Waals surface area contributed by atoms with Gasteiger partial charge in [0.15, 0.2) is 12.6 Å². The highest BCUT2D eigenvalue weighted by Gasteiger charge is 2.45. The molecule has 0 amide bonds. The fraction of sp³-hybridized carbons (Fsp3) is 0.514. The molecule has 1 saturated heterocycles. The van der Waals surface area contributed by atoms with Crippen LogP contribution < -0.4 is 9.47 Å². The Bertz CT molecular complexity index is 1620. The highest BCUT2D eigenvalue weighted by molar-refractivity contribution is 7.85. The SMILES string of the molecule is COCOc1cc(OC)cc(/C=C/C[C@@H]2OC(C)(C)O[C@@H]2C(/C=C\[C@H](C)COS(C)(=O)=O)OC(=O)c2ccccc2)c1C(=O)OCC[Si](C)(C)C. The van der Waals surface area contributed by atoms with Gasteiger partial charge in [0.1, 0.15) is 29.3 Å². The van der Waals surface area contributed by atoms with E-state index in [4.69, 9.17) is 37.3 Å². The van der Waals surface area contributed by atoms with Crippen LogP contribution in [0.15, 0.2) is 60.7 Å². The van der Waals surface area contributed by atoms with Gasteiger partial charge in [0, 0.05) is 21.3 Å². The molecule has 282 valence electrons. The van der Waals surface area contributed by atoms with Crippen LogP contribution in [-0.2, 0) is 38.0 Å². The van der Waals surface area contributed by atoms with Crippen LogP contribution in [0.5, 0.6) is 11.5 Å². The highest BCUT2D eigenvalue weighted by atomic mass is 32.2. The van der Waals surface area contributed by atoms with E-state index in [1.807, 2.05) is 6.08 Å². The van der Waals surface area contributed by atoms with Crippen LogP contribution in [0.3, 0.4) is 0 Å². The molecule has 4 atom stereocenters. The summed E-state index contributed by atoms with van der Waals surface area (Å²) in [5, 5.41) is 0. The average Bonchev–Trinajstić information content (AvgIpc) is 3.37. The van der Waals surface area contributed by atoms with E-state index in [-0.39, 0.29) is 37.2 Å². The Labute approximate surface area is 303 Å². The summed E-state index contributed by atoms with van der Waals surface area (Å²) < 4.78 is 68.7. The van der Waals surface area contributed by atoms with E-state index in [2.05, 4.69) is 19.6 Å². The molecule has 2 aromatic rings. The Kier molecular flexibility index (Phi) is 15.4. The Morgan fingerprint density at radius 3 is 2.35 bits per heavy atom. The van der Waals surface area contributed by atoms with Crippen LogP contribution in [0.25, 0.3) is 6.08 Å². The van der Waals surface area contributed by atoms with E-state index >= 15 is 0 Å². The lowest BCUT2D eigenvalue weighted by molar-refractivity contribution is -0.152. The van der Waals surface area contributed by atoms with Crippen LogP contribution in [0.4, 0.5) is 0 Å². The zero-order valence-corrected chi connectivity index (χ0v) is 32.8. The normalized spacial score (nSPS) is 18.8. The van der Waals surface area contributed by atoms with Crippen molar-refractivity contribution in [3.05, 3.63) is 77.4 Å². The van der Waals surface area contributed by atoms with Gasteiger partial charge in [0.2, 0.25) is 0 Å². The molecular weight excluding hydrogens is 697 g/mol. The molecule has 0 radical (unpaired) electrons. The standard InChI is InChI=1S/C37H52O12SSi/c1-26(24-46-50(6,40)41)18-19-30(47-35(38)27-14-11-10-12-15-27)34-31(48-37(2,3)49-34)17-13-16-28-22-29(43-5)23-32(45-25-42-4)33(28)36(39)44-20-21-51(7,8)9/h10-16,18-19,22-23,26,30-31,34H,17,20-21,24-25H2,1-9H3/b16-13+,19-18-/t26-,30?,31-,34+/m0/s1. The third-order valence-corrected chi connectivity index (χ3v) is 9.87. The van der Waals surface area contributed by atoms with Gasteiger partial charge in [-0.1, -0.05) is 63.0 Å². The van der Waals surface area contributed by atoms with Gasteiger partial charge in [-0.25, -0.2) is 9.59 Å². The summed E-state index contributed by atoms with van der Waals surface area (Å²) in [6.07, 6.45) is 5.98. The second-order valence-electron chi connectivity index (χ2n) is 14.0. The quantitative estimate of drug-likeness (QED) is 0.0510. The van der Waals surface area contributed by atoms with Crippen molar-refractivity contribution in [2.45, 2.75) is 77.0 Å². The third-order valence-electron chi connectivity index (χ3n) is 7.60. The Hall–Kier alpha value is -3.53. The van der Waals surface area contributed by atoms with Crippen LogP contribution in [0.2, 0.25) is 25.7 Å². The molecular formula is C37H52O12SSi. The zero-order valence-electron chi connectivity index (χ0n) is 31.0. The molecule has 0 N–H and O–H groups in total. The first-order chi connectivity index (χ1) is 23.9. The first-order valence-corrected chi connectivity index (χ1v) is 22.3. The summed E-state index contributed by atoms with van der Waals surface area (Å²) in [4.78, 5) is 26.7. The number of carbonyl (C=O) groups excluding carboxylic acids is 2. The second kappa shape index (κ2) is 18.8. The predicted octanol–water partition coefficient (Wildman–Crippen LogP) is 6.49. The van der Waals surface area contributed by atoms with Crippen molar-refractivity contribution in [3.8, 4) is 11.5 Å². The number of ether oxygens (including phenoxy) is 7. The smallest absolute Gasteiger partial charge is 0.342 e. The molecule has 51 heavy (non-hydrogen) atoms. The van der Waals surface area contributed by atoms with Gasteiger partial charge >= 0.3 is 11.9 Å². The zero-order chi connectivity index (χ0) is 37.8. The third kappa shape index (κ3) is 14.2. The van der Waals surface area contributed by atoms with E-state index < -0.39 is 54.2 Å². The Morgan fingerprint density at radius 2 is 1.73 bits per heavy atom. The van der Waals surface area contributed by atoms with Gasteiger partial charge in [-0.3, -0.25) is 4.18 Å². The Balaban J connectivity index is 1.94. The number of benzene rings is 2. The van der Waals surface area contributed by atoms with Gasteiger partial charge in [-0.05, 0) is 62.1 Å². The van der Waals surface area contributed by atoms with E-state index in [1.165, 1.54) is 14.2 Å². The minimum Gasteiger partial charge on any atom is -0.497 e. The summed E-state index contributed by atoms with van der Waals surface area (Å²) in [5.74, 6) is -1.75. The maximum absolute atomic E-state index is 13.5. The van der Waals surface area contributed by atoms with Gasteiger partial charge in [0.05, 0.1) is 38.2 Å². The van der Waals surface area contributed by atoms with Crippen molar-refractivity contribution in [1.82, 2.24) is 0 Å². The van der Waals surface area contributed by atoms with Crippen LogP contribution in [0, 0.1) is 5.92 Å². The monoisotopic (exact) mass is 748 g/mol. The molecule has 3 rings (SSSR count). The van der Waals surface area contributed by atoms with Crippen molar-refractivity contribution in [2.75, 3.05) is 40.5 Å². The molecule has 1 fully saturated rings. The molecule has 0 spiro atoms. The first kappa shape index (κ1) is 41.9. The number of esters is 2. The molecule has 1 unspecified atom stereocenters. The predicted molar refractivity (Wildman–Crippen MR) is 196 cm³/mol. The lowest BCUT2D eigenvalue weighted by Gasteiger charge is -2.24. The molecule has 0 bridgehead atoms. The van der Waals surface area contributed by atoms with E-state index in [0.717, 1.165) is 12.3 Å². The fourth-order valence-electron chi connectivity index (χ4n) is 5.06. The molecule has 14 heteroatoms. The van der Waals surface area contributed by atoms with Crippen molar-refractivity contribution < 1.29 is 55.3 Å². The maximum atomic E-state index is 13.5. The number of methoxy groups -OCH3 is 2. The van der Waals surface area contributed by atoms with Crippen molar-refractivity contribution in [3.63, 3.8) is 0 Å². The van der Waals surface area contributed by atoms with Crippen LogP contribution in [-0.4, -0.2) is 93.0 Å². The molecule has 12 nitrogen and oxygen atoms in total. The molecule has 1 heterocycles. The summed E-state index contributed by atoms with van der Waals surface area (Å²) in [6, 6.07) is 12.7. The van der Waals surface area contributed by atoms with Gasteiger partial charge in [0.25, 0.3) is 10.1 Å². The van der Waals surface area contributed by atoms with Crippen molar-refractivity contribution >= 4 is 36.2 Å². The van der Waals surface area contributed by atoms with E-state index in [9.17, 15) is 18.0 Å². The minimum absolute atomic E-state index is 0.0894. The summed E-state index contributed by atoms with van der Waals surface area (Å²) in [7, 11) is -2.10. The molecule has 0 aromatic heterocycles. The summed E-state index contributed by atoms with van der Waals surface area (Å²) in [6.45, 7) is 12.0. The number of hydrogen-bond donors (Lipinski definition) is 0. The van der Waals surface area contributed by atoms with Crippen LogP contribution >= 0.6 is 0 Å². The van der Waals surface area contributed by atoms with Gasteiger partial charge in [-0.15, -0.1) is 0 Å². The lowest BCUT2D eigenvalue weighted by atomic mass is 10.0. The van der Waals surface area contributed by atoms with E-state index in [0.29, 0.717) is 23.3 Å². The molecule has 1 aliphatic rings. The Morgan fingerprint density at radius 1 is 1.02 bits per heavy atom. The first-order valence-electron chi connectivity index (χ1n) is 16.7. The second-order valence-corrected chi connectivity index (χ2v) is 21.2. The number of carbonyl (C=O) groups is 2. The molecule has 0 aliphatic carbocycles. The van der Waals surface area contributed by atoms with Crippen LogP contribution in [0.1, 0.15) is 53.5 Å². The highest BCUT2D eigenvalue weighted by Crippen LogP contribution is 2.35. The lowest BCUT2D eigenvalue weighted by Crippen LogP contribution is -2.37. The van der Waals surface area contributed by atoms with Crippen molar-refractivity contribution in [1.29, 1.82) is 0 Å². The summed E-state index contributed by atoms with van der Waals surface area (Å²) >= 11 is 0. The summed E-state index contributed by atoms with van der Waals surface area (Å²) in [5.41, 5.74) is 1.08. The van der Waals surface area contributed by atoms with Crippen molar-refractivity contribution in [2.24, 2.45) is 5.92 Å². The van der Waals surface area contributed by atoms with Gasteiger partial charge in [-0.2, -0.15) is 8.42 Å². The molecule has 0 saturated carbocycles. The van der Waals surface area contributed by atoms with Gasteiger partial charge < -0.3 is 33.2 Å². The topological polar surface area (TPSA) is 142 Å². The molecule has 2 aromatic carbocycles. The fourth-order valence-corrected chi connectivity index (χ4v) is 6.23. The largest absolute Gasteiger partial charge is 0.497 e. The average molecular weight is 749 g/mol. The number of rotatable bonds is 19. The number of hydrogen-bond acceptors (Lipinski definition) is 12. The minimum atomic E-state index is -3.64. The van der Waals surface area contributed by atoms with E-state index in [1.54, 1.807) is 81.5 Å². The maximum Gasteiger partial charge on any atom is 0.342 e.